The highest BCUT2D eigenvalue weighted by atomic mass is 16.5. The molecule has 0 radical (unpaired) electrons. The number of carbonyl (C=O) groups is 2. The molecule has 3 aromatic rings. The highest BCUT2D eigenvalue weighted by molar-refractivity contribution is 6.46. The van der Waals surface area contributed by atoms with E-state index in [1.165, 1.54) is 4.90 Å². The first kappa shape index (κ1) is 28.9. The number of aliphatic hydroxyl groups is 1. The topological polar surface area (TPSA) is 76.1 Å². The van der Waals surface area contributed by atoms with Crippen LogP contribution in [0, 0.1) is 5.92 Å². The number of aliphatic hydroxyl groups excluding tert-OH is 1. The summed E-state index contributed by atoms with van der Waals surface area (Å²) in [6, 6.07) is 21.7. The van der Waals surface area contributed by atoms with Crippen LogP contribution in [0.5, 0.6) is 11.5 Å². The van der Waals surface area contributed by atoms with Crippen molar-refractivity contribution in [2.45, 2.75) is 59.5 Å². The number of amides is 1. The first-order valence-electron chi connectivity index (χ1n) is 13.8. The number of hydrogen-bond acceptors (Lipinski definition) is 5. The Morgan fingerprint density at radius 1 is 0.925 bits per heavy atom. The standard InChI is InChI=1S/C34H39NO5/c1-7-39-27-17-11-23(12-18-27)20-35-30(24-13-15-26(16-14-24)34(4,5)6)29(32(37)33(35)38)31(36)25-9-8-10-28(19-25)40-21-22(2)3/h8-19,22,30,36H,7,20-21H2,1-6H3/b31-29-. The van der Waals surface area contributed by atoms with Gasteiger partial charge in [0, 0.05) is 12.1 Å². The molecule has 1 aliphatic rings. The Morgan fingerprint density at radius 2 is 1.60 bits per heavy atom. The molecule has 0 spiro atoms. The number of ether oxygens (including phenoxy) is 2. The van der Waals surface area contributed by atoms with Gasteiger partial charge in [-0.2, -0.15) is 0 Å². The van der Waals surface area contributed by atoms with E-state index < -0.39 is 17.7 Å². The van der Waals surface area contributed by atoms with Gasteiger partial charge in [-0.1, -0.05) is 83.1 Å². The molecule has 1 amide bonds. The van der Waals surface area contributed by atoms with E-state index in [-0.39, 0.29) is 23.3 Å². The average molecular weight is 542 g/mol. The lowest BCUT2D eigenvalue weighted by atomic mass is 9.85. The van der Waals surface area contributed by atoms with Gasteiger partial charge < -0.3 is 19.5 Å². The van der Waals surface area contributed by atoms with Gasteiger partial charge in [-0.05, 0) is 59.2 Å². The third kappa shape index (κ3) is 6.39. The van der Waals surface area contributed by atoms with E-state index >= 15 is 0 Å². The minimum atomic E-state index is -0.749. The first-order chi connectivity index (χ1) is 19.0. The fraction of sp³-hybridized carbons (Fsp3) is 0.353. The normalized spacial score (nSPS) is 17.0. The Kier molecular flexibility index (Phi) is 8.67. The monoisotopic (exact) mass is 541 g/mol. The minimum Gasteiger partial charge on any atom is -0.507 e. The zero-order valence-electron chi connectivity index (χ0n) is 24.2. The highest BCUT2D eigenvalue weighted by Gasteiger charge is 2.46. The summed E-state index contributed by atoms with van der Waals surface area (Å²) in [6.07, 6.45) is 0. The molecule has 0 bridgehead atoms. The van der Waals surface area contributed by atoms with Crippen molar-refractivity contribution >= 4 is 17.4 Å². The molecule has 0 aromatic heterocycles. The SMILES string of the molecule is CCOc1ccc(CN2C(=O)C(=O)/C(=C(\O)c3cccc(OCC(C)C)c3)C2c2ccc(C(C)(C)C)cc2)cc1. The number of rotatable bonds is 9. The average Bonchev–Trinajstić information content (AvgIpc) is 3.17. The molecule has 1 aliphatic heterocycles. The summed E-state index contributed by atoms with van der Waals surface area (Å²) in [7, 11) is 0. The maximum atomic E-state index is 13.5. The van der Waals surface area contributed by atoms with Gasteiger partial charge in [0.2, 0.25) is 0 Å². The summed E-state index contributed by atoms with van der Waals surface area (Å²) in [6.45, 7) is 13.7. The van der Waals surface area contributed by atoms with Crippen LogP contribution in [-0.4, -0.2) is 34.9 Å². The van der Waals surface area contributed by atoms with Crippen LogP contribution in [0.15, 0.2) is 78.4 Å². The van der Waals surface area contributed by atoms with Crippen LogP contribution in [0.1, 0.15) is 69.8 Å². The van der Waals surface area contributed by atoms with E-state index in [0.29, 0.717) is 30.4 Å². The van der Waals surface area contributed by atoms with Crippen LogP contribution in [0.3, 0.4) is 0 Å². The Balaban J connectivity index is 1.78. The maximum Gasteiger partial charge on any atom is 0.295 e. The molecule has 6 heteroatoms. The second-order valence-electron chi connectivity index (χ2n) is 11.6. The fourth-order valence-electron chi connectivity index (χ4n) is 4.76. The van der Waals surface area contributed by atoms with Gasteiger partial charge in [0.05, 0.1) is 24.8 Å². The van der Waals surface area contributed by atoms with Gasteiger partial charge in [-0.15, -0.1) is 0 Å². The van der Waals surface area contributed by atoms with E-state index in [9.17, 15) is 14.7 Å². The molecule has 4 rings (SSSR count). The predicted molar refractivity (Wildman–Crippen MR) is 157 cm³/mol. The van der Waals surface area contributed by atoms with Crippen LogP contribution in [0.25, 0.3) is 5.76 Å². The summed E-state index contributed by atoms with van der Waals surface area (Å²) in [5.74, 6) is 0.0951. The summed E-state index contributed by atoms with van der Waals surface area (Å²) in [4.78, 5) is 28.5. The molecule has 1 unspecified atom stereocenters. The molecule has 1 N–H and O–H groups in total. The highest BCUT2D eigenvalue weighted by Crippen LogP contribution is 2.41. The summed E-state index contributed by atoms with van der Waals surface area (Å²) >= 11 is 0. The Labute approximate surface area is 237 Å². The van der Waals surface area contributed by atoms with E-state index in [1.807, 2.05) is 61.5 Å². The number of nitrogens with zero attached hydrogens (tertiary/aromatic N) is 1. The van der Waals surface area contributed by atoms with Gasteiger partial charge in [0.1, 0.15) is 17.3 Å². The van der Waals surface area contributed by atoms with E-state index in [0.717, 1.165) is 22.4 Å². The van der Waals surface area contributed by atoms with E-state index in [1.54, 1.807) is 18.2 Å². The van der Waals surface area contributed by atoms with Crippen LogP contribution in [0.2, 0.25) is 0 Å². The van der Waals surface area contributed by atoms with Crippen molar-refractivity contribution in [1.29, 1.82) is 0 Å². The molecule has 210 valence electrons. The van der Waals surface area contributed by atoms with Gasteiger partial charge in [-0.25, -0.2) is 0 Å². The maximum absolute atomic E-state index is 13.5. The summed E-state index contributed by atoms with van der Waals surface area (Å²) < 4.78 is 11.4. The van der Waals surface area contributed by atoms with Crippen molar-refractivity contribution in [3.63, 3.8) is 0 Å². The predicted octanol–water partition coefficient (Wildman–Crippen LogP) is 7.04. The van der Waals surface area contributed by atoms with Crippen LogP contribution in [0.4, 0.5) is 0 Å². The minimum absolute atomic E-state index is 0.0565. The lowest BCUT2D eigenvalue weighted by Crippen LogP contribution is -2.29. The van der Waals surface area contributed by atoms with E-state index in [2.05, 4.69) is 34.6 Å². The first-order valence-corrected chi connectivity index (χ1v) is 13.8. The second kappa shape index (κ2) is 12.0. The molecule has 1 saturated heterocycles. The molecule has 1 fully saturated rings. The van der Waals surface area contributed by atoms with Crippen molar-refractivity contribution in [2.24, 2.45) is 5.92 Å². The molecule has 6 nitrogen and oxygen atoms in total. The largest absolute Gasteiger partial charge is 0.507 e. The fourth-order valence-corrected chi connectivity index (χ4v) is 4.76. The lowest BCUT2D eigenvalue weighted by Gasteiger charge is -2.27. The second-order valence-corrected chi connectivity index (χ2v) is 11.6. The molecular weight excluding hydrogens is 502 g/mol. The zero-order valence-corrected chi connectivity index (χ0v) is 24.2. The van der Waals surface area contributed by atoms with Gasteiger partial charge >= 0.3 is 0 Å². The van der Waals surface area contributed by atoms with Gasteiger partial charge in [-0.3, -0.25) is 9.59 Å². The van der Waals surface area contributed by atoms with Crippen molar-refractivity contribution in [3.8, 4) is 11.5 Å². The van der Waals surface area contributed by atoms with Crippen LogP contribution in [-0.2, 0) is 21.5 Å². The van der Waals surface area contributed by atoms with Crippen molar-refractivity contribution in [2.75, 3.05) is 13.2 Å². The number of likely N-dealkylation sites (tertiary alicyclic amines) is 1. The molecule has 40 heavy (non-hydrogen) atoms. The number of ketones is 1. The third-order valence-electron chi connectivity index (χ3n) is 6.91. The van der Waals surface area contributed by atoms with Crippen LogP contribution < -0.4 is 9.47 Å². The van der Waals surface area contributed by atoms with Gasteiger partial charge in [0.25, 0.3) is 11.7 Å². The molecule has 1 atom stereocenters. The molecule has 0 aliphatic carbocycles. The smallest absolute Gasteiger partial charge is 0.295 e. The van der Waals surface area contributed by atoms with Crippen molar-refractivity contribution < 1.29 is 24.2 Å². The summed E-state index contributed by atoms with van der Waals surface area (Å²) in [5, 5.41) is 11.5. The Bertz CT molecular complexity index is 1380. The van der Waals surface area contributed by atoms with Crippen molar-refractivity contribution in [1.82, 2.24) is 4.90 Å². The molecule has 0 saturated carbocycles. The molecule has 3 aromatic carbocycles. The number of carbonyl (C=O) groups excluding carboxylic acids is 2. The zero-order chi connectivity index (χ0) is 29.0. The van der Waals surface area contributed by atoms with Crippen molar-refractivity contribution in [3.05, 3.63) is 101 Å². The molecule has 1 heterocycles. The number of benzene rings is 3. The van der Waals surface area contributed by atoms with Gasteiger partial charge in [0.15, 0.2) is 0 Å². The van der Waals surface area contributed by atoms with E-state index in [4.69, 9.17) is 9.47 Å². The van der Waals surface area contributed by atoms with Crippen LogP contribution >= 0.6 is 0 Å². The number of Topliss-reactive ketones (excluding diaryl/α,β-unsaturated/α-hetero) is 1. The quantitative estimate of drug-likeness (QED) is 0.179. The summed E-state index contributed by atoms with van der Waals surface area (Å²) in [5.41, 5.74) is 3.18. The third-order valence-corrected chi connectivity index (χ3v) is 6.91. The Morgan fingerprint density at radius 3 is 2.20 bits per heavy atom. The Hall–Kier alpha value is -4.06. The molecular formula is C34H39NO5. The number of hydrogen-bond donors (Lipinski definition) is 1. The lowest BCUT2D eigenvalue weighted by molar-refractivity contribution is -0.140.